The van der Waals surface area contributed by atoms with E-state index < -0.39 is 17.2 Å². The van der Waals surface area contributed by atoms with Crippen molar-refractivity contribution < 1.29 is 23.7 Å². The van der Waals surface area contributed by atoms with Crippen molar-refractivity contribution in [3.8, 4) is 0 Å². The van der Waals surface area contributed by atoms with Gasteiger partial charge in [-0.25, -0.2) is 4.79 Å². The highest BCUT2D eigenvalue weighted by atomic mass is 32.2. The molecule has 112 valence electrons. The van der Waals surface area contributed by atoms with Gasteiger partial charge >= 0.3 is 17.9 Å². The number of amidine groups is 1. The van der Waals surface area contributed by atoms with Crippen LogP contribution in [0.4, 0.5) is 4.79 Å². The number of rotatable bonds is 3. The van der Waals surface area contributed by atoms with Gasteiger partial charge in [-0.2, -0.15) is 9.48 Å². The summed E-state index contributed by atoms with van der Waals surface area (Å²) in [5, 5.41) is -0.449. The average Bonchev–Trinajstić information content (AvgIpc) is 2.49. The van der Waals surface area contributed by atoms with E-state index in [1.54, 1.807) is 20.0 Å². The van der Waals surface area contributed by atoms with Crippen molar-refractivity contribution in [2.75, 3.05) is 21.2 Å². The van der Waals surface area contributed by atoms with Gasteiger partial charge < -0.3 is 4.74 Å². The van der Waals surface area contributed by atoms with Crippen molar-refractivity contribution in [3.63, 3.8) is 0 Å². The highest BCUT2D eigenvalue weighted by molar-refractivity contribution is 8.04. The molecule has 0 spiro atoms. The Kier molecular flexibility index (Phi) is 4.26. The molecule has 0 aromatic carbocycles. The highest BCUT2D eigenvalue weighted by Gasteiger charge is 2.47. The zero-order valence-electron chi connectivity index (χ0n) is 12.2. The first-order valence-electron chi connectivity index (χ1n) is 6.29. The highest BCUT2D eigenvalue weighted by Crippen LogP contribution is 2.34. The van der Waals surface area contributed by atoms with Crippen LogP contribution >= 0.6 is 11.8 Å². The summed E-state index contributed by atoms with van der Waals surface area (Å²) >= 11 is 1.24. The van der Waals surface area contributed by atoms with Crippen LogP contribution in [-0.4, -0.2) is 65.9 Å². The molecule has 2 unspecified atom stereocenters. The molecular weight excluding hydrogens is 294 g/mol. The van der Waals surface area contributed by atoms with Crippen LogP contribution in [0.5, 0.6) is 0 Å². The van der Waals surface area contributed by atoms with Gasteiger partial charge in [0.1, 0.15) is 11.5 Å². The molecule has 2 aliphatic heterocycles. The van der Waals surface area contributed by atoms with E-state index in [4.69, 9.17) is 0 Å². The van der Waals surface area contributed by atoms with Crippen LogP contribution in [-0.2, 0) is 14.3 Å². The number of hydrogen-bond donors (Lipinski definition) is 0. The molecule has 0 aliphatic carbocycles. The van der Waals surface area contributed by atoms with Gasteiger partial charge in [-0.3, -0.25) is 9.59 Å². The number of ether oxygens (including phenoxy) is 1. The molecule has 0 saturated carbocycles. The molecule has 2 rings (SSSR count). The molecule has 7 nitrogen and oxygen atoms in total. The van der Waals surface area contributed by atoms with Crippen molar-refractivity contribution in [2.45, 2.75) is 12.2 Å². The van der Waals surface area contributed by atoms with Gasteiger partial charge in [0.15, 0.2) is 5.92 Å². The van der Waals surface area contributed by atoms with Crippen LogP contribution < -0.4 is 0 Å². The van der Waals surface area contributed by atoms with Gasteiger partial charge in [0.2, 0.25) is 0 Å². The molecule has 2 atom stereocenters. The zero-order valence-corrected chi connectivity index (χ0v) is 13.0. The van der Waals surface area contributed by atoms with E-state index in [-0.39, 0.29) is 11.9 Å². The summed E-state index contributed by atoms with van der Waals surface area (Å²) in [6.07, 6.45) is 3.22. The number of dihydropyridines is 1. The SMILES string of the molecule is COC(=O)C(C)SC1=CC=NC2=[N+](C)C(=O)N(C)C(=O)C12. The fourth-order valence-corrected chi connectivity index (χ4v) is 3.22. The predicted octanol–water partition coefficient (Wildman–Crippen LogP) is 0.498. The Labute approximate surface area is 126 Å². The Hall–Kier alpha value is -1.96. The molecule has 0 aromatic heterocycles. The second kappa shape index (κ2) is 5.80. The number of esters is 1. The minimum atomic E-state index is -0.653. The lowest BCUT2D eigenvalue weighted by molar-refractivity contribution is -0.407. The number of thioether (sulfide) groups is 1. The number of allylic oxidation sites excluding steroid dienone is 1. The number of aliphatic imine (C=N–C) groups is 1. The number of urea groups is 1. The maximum absolute atomic E-state index is 12.4. The summed E-state index contributed by atoms with van der Waals surface area (Å²) in [7, 11) is 4.32. The number of carbonyl (C=O) groups is 3. The van der Waals surface area contributed by atoms with E-state index in [2.05, 4.69) is 9.73 Å². The smallest absolute Gasteiger partial charge is 0.445 e. The lowest BCUT2D eigenvalue weighted by atomic mass is 10.0. The number of methoxy groups -OCH3 is 1. The molecular formula is C13H16N3O4S+. The van der Waals surface area contributed by atoms with E-state index in [0.717, 1.165) is 4.90 Å². The average molecular weight is 310 g/mol. The van der Waals surface area contributed by atoms with Crippen LogP contribution in [0.15, 0.2) is 16.0 Å². The van der Waals surface area contributed by atoms with Gasteiger partial charge in [-0.05, 0) is 13.0 Å². The Morgan fingerprint density at radius 2 is 2.19 bits per heavy atom. The van der Waals surface area contributed by atoms with Gasteiger partial charge in [0.05, 0.1) is 21.2 Å². The molecule has 21 heavy (non-hydrogen) atoms. The predicted molar refractivity (Wildman–Crippen MR) is 78.5 cm³/mol. The molecule has 0 bridgehead atoms. The maximum atomic E-state index is 12.4. The lowest BCUT2D eigenvalue weighted by Gasteiger charge is -2.26. The molecule has 0 aromatic rings. The fraction of sp³-hybridized carbons (Fsp3) is 0.462. The Morgan fingerprint density at radius 1 is 1.52 bits per heavy atom. The Balaban J connectivity index is 2.35. The summed E-state index contributed by atoms with van der Waals surface area (Å²) < 4.78 is 6.03. The van der Waals surface area contributed by atoms with Crippen molar-refractivity contribution in [1.82, 2.24) is 4.90 Å². The molecule has 0 radical (unpaired) electrons. The molecule has 0 fully saturated rings. The van der Waals surface area contributed by atoms with E-state index in [1.807, 2.05) is 0 Å². The molecule has 3 amide bonds. The molecule has 0 N–H and O–H groups in total. The van der Waals surface area contributed by atoms with E-state index in [0.29, 0.717) is 10.7 Å². The first-order valence-corrected chi connectivity index (χ1v) is 7.17. The minimum Gasteiger partial charge on any atom is -0.468 e. The van der Waals surface area contributed by atoms with Crippen LogP contribution in [0.3, 0.4) is 0 Å². The molecule has 0 saturated heterocycles. The quantitative estimate of drug-likeness (QED) is 0.560. The third-order valence-electron chi connectivity index (χ3n) is 3.33. The van der Waals surface area contributed by atoms with Crippen LogP contribution in [0.2, 0.25) is 0 Å². The number of nitrogens with zero attached hydrogens (tertiary/aromatic N) is 3. The largest absolute Gasteiger partial charge is 0.468 e. The Morgan fingerprint density at radius 3 is 2.81 bits per heavy atom. The topological polar surface area (TPSA) is 79.0 Å². The van der Waals surface area contributed by atoms with E-state index >= 15 is 0 Å². The monoisotopic (exact) mass is 310 g/mol. The van der Waals surface area contributed by atoms with Crippen molar-refractivity contribution in [3.05, 3.63) is 11.0 Å². The summed E-state index contributed by atoms with van der Waals surface area (Å²) in [6.45, 7) is 1.70. The summed E-state index contributed by atoms with van der Waals surface area (Å²) in [5.74, 6) is -0.989. The third kappa shape index (κ3) is 2.63. The minimum absolute atomic E-state index is 0.347. The van der Waals surface area contributed by atoms with Gasteiger partial charge in [-0.15, -0.1) is 16.8 Å². The third-order valence-corrected chi connectivity index (χ3v) is 4.52. The maximum Gasteiger partial charge on any atom is 0.445 e. The van der Waals surface area contributed by atoms with Gasteiger partial charge in [0.25, 0.3) is 5.84 Å². The van der Waals surface area contributed by atoms with E-state index in [9.17, 15) is 14.4 Å². The molecule has 2 heterocycles. The van der Waals surface area contributed by atoms with Crippen LogP contribution in [0, 0.1) is 5.92 Å². The standard InChI is InChI=1S/C13H16N3O4S/c1-7(12(18)20-4)21-8-5-6-14-10-9(8)11(17)16(3)13(19)15(10)2/h5-7,9H,1-4H3/q+1. The van der Waals surface area contributed by atoms with Gasteiger partial charge in [-0.1, -0.05) is 0 Å². The second-order valence-electron chi connectivity index (χ2n) is 4.66. The first-order chi connectivity index (χ1) is 9.88. The molecule has 2 aliphatic rings. The van der Waals surface area contributed by atoms with Crippen molar-refractivity contribution in [2.24, 2.45) is 10.9 Å². The van der Waals surface area contributed by atoms with Crippen LogP contribution in [0.1, 0.15) is 6.92 Å². The van der Waals surface area contributed by atoms with E-state index in [1.165, 1.54) is 36.7 Å². The van der Waals surface area contributed by atoms with Crippen molar-refractivity contribution in [1.29, 1.82) is 0 Å². The second-order valence-corrected chi connectivity index (χ2v) is 6.07. The number of imide groups is 1. The zero-order chi connectivity index (χ0) is 15.7. The number of fused-ring (bicyclic) bond motifs is 1. The lowest BCUT2D eigenvalue weighted by Crippen LogP contribution is -2.52. The number of carbonyl (C=O) groups excluding carboxylic acids is 3. The number of hydrogen-bond acceptors (Lipinski definition) is 6. The van der Waals surface area contributed by atoms with Gasteiger partial charge in [0, 0.05) is 4.91 Å². The Bertz CT molecular complexity index is 609. The fourth-order valence-electron chi connectivity index (χ4n) is 2.13. The first kappa shape index (κ1) is 15.4. The molecule has 8 heteroatoms. The summed E-state index contributed by atoms with van der Waals surface area (Å²) in [6, 6.07) is -0.421. The summed E-state index contributed by atoms with van der Waals surface area (Å²) in [4.78, 5) is 41.7. The number of amides is 3. The normalized spacial score (nSPS) is 23.0. The van der Waals surface area contributed by atoms with Crippen molar-refractivity contribution >= 4 is 41.7 Å². The van der Waals surface area contributed by atoms with Crippen LogP contribution in [0.25, 0.3) is 0 Å². The summed E-state index contributed by atoms with van der Waals surface area (Å²) in [5.41, 5.74) is 0.